The fourth-order valence-electron chi connectivity index (χ4n) is 4.24. The summed E-state index contributed by atoms with van der Waals surface area (Å²) in [6, 6.07) is 3.95. The van der Waals surface area contributed by atoms with Crippen LogP contribution < -0.4 is 10.6 Å². The summed E-state index contributed by atoms with van der Waals surface area (Å²) in [5, 5.41) is 6.98. The molecule has 1 atom stereocenters. The number of rotatable bonds is 11. The first kappa shape index (κ1) is 24.5. The zero-order valence-corrected chi connectivity index (χ0v) is 20.1. The average molecular weight is 519 g/mol. The first-order chi connectivity index (χ1) is 13.8. The summed E-state index contributed by atoms with van der Waals surface area (Å²) in [6.07, 6.45) is 11.4. The highest BCUT2D eigenvalue weighted by atomic mass is 127. The second kappa shape index (κ2) is 13.5. The van der Waals surface area contributed by atoms with Gasteiger partial charge in [-0.3, -0.25) is 4.99 Å². The number of ether oxygens (including phenoxy) is 2. The van der Waals surface area contributed by atoms with Crippen molar-refractivity contribution in [2.75, 3.05) is 39.5 Å². The molecule has 1 saturated heterocycles. The highest BCUT2D eigenvalue weighted by Gasteiger charge is 2.33. The van der Waals surface area contributed by atoms with Gasteiger partial charge in [0.25, 0.3) is 0 Å². The molecule has 1 unspecified atom stereocenters. The monoisotopic (exact) mass is 519 g/mol. The van der Waals surface area contributed by atoms with Crippen molar-refractivity contribution >= 4 is 29.9 Å². The van der Waals surface area contributed by atoms with Gasteiger partial charge in [0.1, 0.15) is 5.76 Å². The van der Waals surface area contributed by atoms with Crippen molar-refractivity contribution in [2.24, 2.45) is 10.4 Å². The highest BCUT2D eigenvalue weighted by Crippen LogP contribution is 2.41. The molecule has 0 amide bonds. The molecule has 166 valence electrons. The Kier molecular flexibility index (Phi) is 11.4. The Bertz CT molecular complexity index is 568. The van der Waals surface area contributed by atoms with Crippen LogP contribution in [0.3, 0.4) is 0 Å². The second-order valence-electron chi connectivity index (χ2n) is 8.09. The summed E-state index contributed by atoms with van der Waals surface area (Å²) in [7, 11) is 0. The average Bonchev–Trinajstić information content (AvgIpc) is 3.47. The molecule has 1 saturated carbocycles. The maximum atomic E-state index is 5.75. The van der Waals surface area contributed by atoms with E-state index in [4.69, 9.17) is 18.9 Å². The molecule has 0 spiro atoms. The molecular formula is C22H38IN3O3. The Morgan fingerprint density at radius 1 is 1.28 bits per heavy atom. The van der Waals surface area contributed by atoms with Crippen LogP contribution in [0.25, 0.3) is 0 Å². The number of halogens is 1. The van der Waals surface area contributed by atoms with Gasteiger partial charge < -0.3 is 24.5 Å². The third-order valence-electron chi connectivity index (χ3n) is 5.98. The summed E-state index contributed by atoms with van der Waals surface area (Å²) >= 11 is 0. The predicted octanol–water partition coefficient (Wildman–Crippen LogP) is 4.14. The molecule has 0 aromatic carbocycles. The number of hydrogen-bond acceptors (Lipinski definition) is 4. The number of guanidine groups is 1. The van der Waals surface area contributed by atoms with Crippen molar-refractivity contribution in [1.29, 1.82) is 0 Å². The third-order valence-corrected chi connectivity index (χ3v) is 5.98. The second-order valence-corrected chi connectivity index (χ2v) is 8.09. The van der Waals surface area contributed by atoms with E-state index in [2.05, 4.69) is 17.6 Å². The fraction of sp³-hybridized carbons (Fsp3) is 0.773. The van der Waals surface area contributed by atoms with Gasteiger partial charge in [0.05, 0.1) is 12.4 Å². The van der Waals surface area contributed by atoms with Crippen LogP contribution >= 0.6 is 24.0 Å². The Morgan fingerprint density at radius 3 is 2.83 bits per heavy atom. The molecular weight excluding hydrogens is 481 g/mol. The van der Waals surface area contributed by atoms with Gasteiger partial charge in [-0.25, -0.2) is 0 Å². The van der Waals surface area contributed by atoms with Crippen LogP contribution in [0.4, 0.5) is 0 Å². The Labute approximate surface area is 192 Å². The molecule has 2 fully saturated rings. The minimum atomic E-state index is 0. The van der Waals surface area contributed by atoms with E-state index in [-0.39, 0.29) is 24.0 Å². The molecule has 0 radical (unpaired) electrons. The quantitative estimate of drug-likeness (QED) is 0.199. The Balaban J connectivity index is 0.00000300. The predicted molar refractivity (Wildman–Crippen MR) is 127 cm³/mol. The summed E-state index contributed by atoms with van der Waals surface area (Å²) in [5.74, 6) is 1.89. The molecule has 6 nitrogen and oxygen atoms in total. The zero-order valence-electron chi connectivity index (χ0n) is 17.8. The van der Waals surface area contributed by atoms with Crippen LogP contribution in [0.15, 0.2) is 27.8 Å². The van der Waals surface area contributed by atoms with Crippen LogP contribution in [-0.4, -0.2) is 51.5 Å². The normalized spacial score (nSPS) is 21.1. The number of hydrogen-bond donors (Lipinski definition) is 2. The van der Waals surface area contributed by atoms with Crippen LogP contribution in [-0.2, 0) is 15.9 Å². The van der Waals surface area contributed by atoms with Crippen LogP contribution in [0, 0.1) is 5.41 Å². The number of aliphatic imine (C=N–C) groups is 1. The van der Waals surface area contributed by atoms with Crippen molar-refractivity contribution in [2.45, 2.75) is 64.4 Å². The highest BCUT2D eigenvalue weighted by molar-refractivity contribution is 14.0. The number of furan rings is 1. The smallest absolute Gasteiger partial charge is 0.191 e. The largest absolute Gasteiger partial charge is 0.469 e. The number of nitrogens with one attached hydrogen (secondary N) is 2. The minimum Gasteiger partial charge on any atom is -0.469 e. The summed E-state index contributed by atoms with van der Waals surface area (Å²) in [5.41, 5.74) is 0.300. The van der Waals surface area contributed by atoms with E-state index in [1.807, 2.05) is 12.1 Å². The summed E-state index contributed by atoms with van der Waals surface area (Å²) < 4.78 is 16.8. The van der Waals surface area contributed by atoms with Gasteiger partial charge in [0.15, 0.2) is 5.96 Å². The molecule has 1 aliphatic heterocycles. The van der Waals surface area contributed by atoms with Crippen molar-refractivity contribution in [3.8, 4) is 0 Å². The SMILES string of the molecule is CCOCCC1(CN=C(NCCc2ccco2)NCC2CCCO2)CCCC1.I. The lowest BCUT2D eigenvalue weighted by Crippen LogP contribution is -2.42. The van der Waals surface area contributed by atoms with Gasteiger partial charge in [-0.15, -0.1) is 24.0 Å². The lowest BCUT2D eigenvalue weighted by atomic mass is 9.83. The van der Waals surface area contributed by atoms with E-state index in [0.717, 1.165) is 76.9 Å². The Morgan fingerprint density at radius 2 is 2.14 bits per heavy atom. The first-order valence-electron chi connectivity index (χ1n) is 11.0. The molecule has 2 aliphatic rings. The molecule has 2 N–H and O–H groups in total. The fourth-order valence-corrected chi connectivity index (χ4v) is 4.24. The van der Waals surface area contributed by atoms with Gasteiger partial charge in [0.2, 0.25) is 0 Å². The van der Waals surface area contributed by atoms with Gasteiger partial charge in [-0.1, -0.05) is 12.8 Å². The zero-order chi connectivity index (χ0) is 19.5. The van der Waals surface area contributed by atoms with Crippen LogP contribution in [0.5, 0.6) is 0 Å². The molecule has 0 bridgehead atoms. The van der Waals surface area contributed by atoms with E-state index in [1.165, 1.54) is 25.7 Å². The van der Waals surface area contributed by atoms with E-state index >= 15 is 0 Å². The summed E-state index contributed by atoms with van der Waals surface area (Å²) in [6.45, 7) is 7.07. The van der Waals surface area contributed by atoms with Crippen LogP contribution in [0.1, 0.15) is 57.6 Å². The van der Waals surface area contributed by atoms with Gasteiger partial charge in [0, 0.05) is 45.9 Å². The lowest BCUT2D eigenvalue weighted by molar-refractivity contribution is 0.106. The molecule has 29 heavy (non-hydrogen) atoms. The molecule has 1 aromatic heterocycles. The van der Waals surface area contributed by atoms with E-state index < -0.39 is 0 Å². The third kappa shape index (κ3) is 8.45. The van der Waals surface area contributed by atoms with Gasteiger partial charge >= 0.3 is 0 Å². The maximum absolute atomic E-state index is 5.75. The lowest BCUT2D eigenvalue weighted by Gasteiger charge is -2.27. The van der Waals surface area contributed by atoms with E-state index in [0.29, 0.717) is 11.5 Å². The Hall–Kier alpha value is -0.800. The van der Waals surface area contributed by atoms with Gasteiger partial charge in [-0.2, -0.15) is 0 Å². The number of nitrogens with zero attached hydrogens (tertiary/aromatic N) is 1. The molecule has 2 heterocycles. The summed E-state index contributed by atoms with van der Waals surface area (Å²) in [4.78, 5) is 4.99. The van der Waals surface area contributed by atoms with Crippen molar-refractivity contribution in [3.05, 3.63) is 24.2 Å². The standard InChI is InChI=1S/C22H37N3O3.HI/c1-2-26-16-12-22(10-3-4-11-22)18-25-21(24-17-20-8-6-15-28-20)23-13-9-19-7-5-14-27-19;/h5,7,14,20H,2-4,6,8-13,15-18H2,1H3,(H2,23,24,25);1H. The van der Waals surface area contributed by atoms with E-state index in [9.17, 15) is 0 Å². The maximum Gasteiger partial charge on any atom is 0.191 e. The van der Waals surface area contributed by atoms with Crippen molar-refractivity contribution in [3.63, 3.8) is 0 Å². The molecule has 1 aromatic rings. The molecule has 7 heteroatoms. The van der Waals surface area contributed by atoms with Crippen molar-refractivity contribution < 1.29 is 13.9 Å². The minimum absolute atomic E-state index is 0. The van der Waals surface area contributed by atoms with Crippen LogP contribution in [0.2, 0.25) is 0 Å². The molecule has 1 aliphatic carbocycles. The van der Waals surface area contributed by atoms with Crippen molar-refractivity contribution in [1.82, 2.24) is 10.6 Å². The first-order valence-corrected chi connectivity index (χ1v) is 11.0. The molecule has 3 rings (SSSR count). The van der Waals surface area contributed by atoms with E-state index in [1.54, 1.807) is 6.26 Å². The van der Waals surface area contributed by atoms with Gasteiger partial charge in [-0.05, 0) is 56.6 Å². The topological polar surface area (TPSA) is 68.0 Å².